The maximum absolute atomic E-state index is 10.5. The molecule has 0 saturated heterocycles. The summed E-state index contributed by atoms with van der Waals surface area (Å²) in [6, 6.07) is 0. The van der Waals surface area contributed by atoms with Crippen LogP contribution in [0, 0.1) is 5.92 Å². The van der Waals surface area contributed by atoms with Crippen LogP contribution >= 0.6 is 0 Å². The van der Waals surface area contributed by atoms with E-state index >= 15 is 0 Å². The summed E-state index contributed by atoms with van der Waals surface area (Å²) >= 11 is 0. The van der Waals surface area contributed by atoms with Crippen molar-refractivity contribution in [3.05, 3.63) is 12.7 Å². The van der Waals surface area contributed by atoms with Crippen molar-refractivity contribution in [2.75, 3.05) is 0 Å². The molecule has 1 amide bonds. The highest BCUT2D eigenvalue weighted by molar-refractivity contribution is 6.05. The number of nitrogens with two attached hydrogens (primary N) is 1. The lowest BCUT2D eigenvalue weighted by atomic mass is 10.1. The van der Waals surface area contributed by atoms with Crippen molar-refractivity contribution in [1.29, 1.82) is 0 Å². The quantitative estimate of drug-likeness (QED) is 0.424. The number of primary amides is 1. The number of amides is 1. The fraction of sp³-hybridized carbons (Fsp3) is 0.333. The highest BCUT2D eigenvalue weighted by atomic mass is 16.2. The SMILES string of the molecule is C=CC(=O)C(C)C(N)=O. The molecule has 3 nitrogen and oxygen atoms in total. The highest BCUT2D eigenvalue weighted by Gasteiger charge is 2.14. The van der Waals surface area contributed by atoms with E-state index in [4.69, 9.17) is 5.73 Å². The molecule has 50 valence electrons. The number of hydrogen-bond donors (Lipinski definition) is 1. The summed E-state index contributed by atoms with van der Waals surface area (Å²) < 4.78 is 0. The van der Waals surface area contributed by atoms with Gasteiger partial charge in [0.1, 0.15) is 0 Å². The van der Waals surface area contributed by atoms with Crippen molar-refractivity contribution in [2.24, 2.45) is 11.7 Å². The predicted molar refractivity (Wildman–Crippen MR) is 33.6 cm³/mol. The molecule has 0 aromatic carbocycles. The van der Waals surface area contributed by atoms with Crippen LogP contribution in [0.2, 0.25) is 0 Å². The summed E-state index contributed by atoms with van der Waals surface area (Å²) in [5.41, 5.74) is 4.80. The third kappa shape index (κ3) is 2.08. The minimum Gasteiger partial charge on any atom is -0.369 e. The Hall–Kier alpha value is -1.12. The summed E-state index contributed by atoms with van der Waals surface area (Å²) in [6.07, 6.45) is 1.09. The van der Waals surface area contributed by atoms with Crippen LogP contribution in [0.25, 0.3) is 0 Å². The Morgan fingerprint density at radius 1 is 1.67 bits per heavy atom. The van der Waals surface area contributed by atoms with Crippen LogP contribution in [0.15, 0.2) is 12.7 Å². The van der Waals surface area contributed by atoms with Gasteiger partial charge in [-0.15, -0.1) is 0 Å². The number of ketones is 1. The van der Waals surface area contributed by atoms with Gasteiger partial charge in [-0.25, -0.2) is 0 Å². The zero-order valence-electron chi connectivity index (χ0n) is 5.26. The molecule has 0 spiro atoms. The van der Waals surface area contributed by atoms with Crippen molar-refractivity contribution < 1.29 is 9.59 Å². The van der Waals surface area contributed by atoms with Crippen LogP contribution in [-0.4, -0.2) is 11.7 Å². The Labute approximate surface area is 53.5 Å². The second kappa shape index (κ2) is 3.02. The minimum atomic E-state index is -0.734. The molecule has 0 aliphatic heterocycles. The van der Waals surface area contributed by atoms with Crippen LogP contribution < -0.4 is 5.73 Å². The Kier molecular flexibility index (Phi) is 2.64. The van der Waals surface area contributed by atoms with E-state index in [1.165, 1.54) is 6.92 Å². The summed E-state index contributed by atoms with van der Waals surface area (Å²) in [6.45, 7) is 4.66. The fourth-order valence-electron chi connectivity index (χ4n) is 0.317. The van der Waals surface area contributed by atoms with Gasteiger partial charge in [0.2, 0.25) is 5.91 Å². The molecule has 0 aromatic heterocycles. The van der Waals surface area contributed by atoms with Gasteiger partial charge in [0.25, 0.3) is 0 Å². The summed E-state index contributed by atoms with van der Waals surface area (Å²) in [4.78, 5) is 20.8. The van der Waals surface area contributed by atoms with Crippen molar-refractivity contribution in [3.63, 3.8) is 0 Å². The number of carbonyl (C=O) groups is 2. The molecular formula is C6H9NO2. The van der Waals surface area contributed by atoms with Crippen molar-refractivity contribution >= 4 is 11.7 Å². The van der Waals surface area contributed by atoms with Crippen molar-refractivity contribution in [3.8, 4) is 0 Å². The predicted octanol–water partition coefficient (Wildman–Crippen LogP) is -0.137. The van der Waals surface area contributed by atoms with Gasteiger partial charge in [-0.3, -0.25) is 9.59 Å². The highest BCUT2D eigenvalue weighted by Crippen LogP contribution is 1.94. The fourth-order valence-corrected chi connectivity index (χ4v) is 0.317. The summed E-state index contributed by atoms with van der Waals surface area (Å²) in [7, 11) is 0. The Bertz CT molecular complexity index is 151. The van der Waals surface area contributed by atoms with Crippen LogP contribution in [0.1, 0.15) is 6.92 Å². The van der Waals surface area contributed by atoms with Gasteiger partial charge < -0.3 is 5.73 Å². The lowest BCUT2D eigenvalue weighted by Gasteiger charge is -1.98. The van der Waals surface area contributed by atoms with E-state index in [0.29, 0.717) is 0 Å². The third-order valence-electron chi connectivity index (χ3n) is 1.05. The van der Waals surface area contributed by atoms with Gasteiger partial charge in [-0.05, 0) is 13.0 Å². The molecule has 0 bridgehead atoms. The largest absolute Gasteiger partial charge is 0.369 e. The number of allylic oxidation sites excluding steroid dienone is 1. The molecule has 0 heterocycles. The average molecular weight is 127 g/mol. The monoisotopic (exact) mass is 127 g/mol. The van der Waals surface area contributed by atoms with E-state index in [-0.39, 0.29) is 5.78 Å². The second-order valence-electron chi connectivity index (χ2n) is 1.73. The van der Waals surface area contributed by atoms with Crippen LogP contribution in [-0.2, 0) is 9.59 Å². The molecule has 1 unspecified atom stereocenters. The molecule has 1 atom stereocenters. The van der Waals surface area contributed by atoms with Crippen LogP contribution in [0.5, 0.6) is 0 Å². The smallest absolute Gasteiger partial charge is 0.228 e. The van der Waals surface area contributed by atoms with Crippen molar-refractivity contribution in [2.45, 2.75) is 6.92 Å². The maximum Gasteiger partial charge on any atom is 0.228 e. The Morgan fingerprint density at radius 2 is 2.11 bits per heavy atom. The van der Waals surface area contributed by atoms with Gasteiger partial charge >= 0.3 is 0 Å². The van der Waals surface area contributed by atoms with Gasteiger partial charge in [0.15, 0.2) is 5.78 Å². The molecule has 3 heteroatoms. The Morgan fingerprint density at radius 3 is 2.22 bits per heavy atom. The van der Waals surface area contributed by atoms with E-state index in [2.05, 4.69) is 6.58 Å². The number of rotatable bonds is 3. The summed E-state index contributed by atoms with van der Waals surface area (Å²) in [5.74, 6) is -1.68. The van der Waals surface area contributed by atoms with E-state index < -0.39 is 11.8 Å². The first-order valence-electron chi connectivity index (χ1n) is 2.55. The van der Waals surface area contributed by atoms with Gasteiger partial charge in [0.05, 0.1) is 5.92 Å². The zero-order chi connectivity index (χ0) is 7.44. The molecule has 0 saturated carbocycles. The molecule has 0 radical (unpaired) electrons. The van der Waals surface area contributed by atoms with E-state index in [0.717, 1.165) is 6.08 Å². The van der Waals surface area contributed by atoms with Gasteiger partial charge in [-0.2, -0.15) is 0 Å². The average Bonchev–Trinajstić information content (AvgIpc) is 1.84. The third-order valence-corrected chi connectivity index (χ3v) is 1.05. The molecular weight excluding hydrogens is 118 g/mol. The number of carbonyl (C=O) groups excluding carboxylic acids is 2. The zero-order valence-corrected chi connectivity index (χ0v) is 5.26. The van der Waals surface area contributed by atoms with Gasteiger partial charge in [-0.1, -0.05) is 6.58 Å². The number of hydrogen-bond acceptors (Lipinski definition) is 2. The van der Waals surface area contributed by atoms with E-state index in [1.807, 2.05) is 0 Å². The van der Waals surface area contributed by atoms with Crippen LogP contribution in [0.3, 0.4) is 0 Å². The molecule has 0 aromatic rings. The minimum absolute atomic E-state index is 0.331. The normalized spacial score (nSPS) is 12.1. The molecule has 0 fully saturated rings. The lowest BCUT2D eigenvalue weighted by Crippen LogP contribution is -2.26. The molecule has 0 aliphatic carbocycles. The standard InChI is InChI=1S/C6H9NO2/c1-3-5(8)4(2)6(7)9/h3-4H,1H2,2H3,(H2,7,9). The van der Waals surface area contributed by atoms with E-state index in [1.54, 1.807) is 0 Å². The first kappa shape index (κ1) is 7.88. The molecule has 2 N–H and O–H groups in total. The molecule has 0 rings (SSSR count). The van der Waals surface area contributed by atoms with Crippen LogP contribution in [0.4, 0.5) is 0 Å². The second-order valence-corrected chi connectivity index (χ2v) is 1.73. The Balaban J connectivity index is 4.03. The topological polar surface area (TPSA) is 60.2 Å². The summed E-state index contributed by atoms with van der Waals surface area (Å²) in [5, 5.41) is 0. The van der Waals surface area contributed by atoms with Crippen molar-refractivity contribution in [1.82, 2.24) is 0 Å². The molecule has 9 heavy (non-hydrogen) atoms. The first-order chi connectivity index (χ1) is 4.09. The van der Waals surface area contributed by atoms with Gasteiger partial charge in [0, 0.05) is 0 Å². The maximum atomic E-state index is 10.5. The first-order valence-corrected chi connectivity index (χ1v) is 2.55. The van der Waals surface area contributed by atoms with E-state index in [9.17, 15) is 9.59 Å². The lowest BCUT2D eigenvalue weighted by molar-refractivity contribution is -0.128. The molecule has 0 aliphatic rings.